The smallest absolute Gasteiger partial charge is 0.335 e. The normalized spacial score (nSPS) is 10.8. The molecule has 3 heteroatoms. The number of hydrogen-bond donors (Lipinski definition) is 1. The minimum absolute atomic E-state index is 0.366. The van der Waals surface area contributed by atoms with Gasteiger partial charge in [0.25, 0.3) is 0 Å². The summed E-state index contributed by atoms with van der Waals surface area (Å²) < 4.78 is 0. The second-order valence-electron chi connectivity index (χ2n) is 4.32. The molecular weight excluding hydrogens is 214 g/mol. The number of aryl methyl sites for hydroxylation is 1. The molecule has 0 fully saturated rings. The molecule has 94 valence electrons. The highest BCUT2D eigenvalue weighted by Crippen LogP contribution is 2.14. The van der Waals surface area contributed by atoms with Crippen LogP contribution in [-0.2, 0) is 6.54 Å². The molecule has 17 heavy (non-hydrogen) atoms. The Labute approximate surface area is 103 Å². The number of carbonyl (C=O) groups is 1. The van der Waals surface area contributed by atoms with Crippen LogP contribution in [0.3, 0.4) is 0 Å². The van der Waals surface area contributed by atoms with Crippen molar-refractivity contribution < 1.29 is 9.90 Å². The molecule has 0 saturated heterocycles. The van der Waals surface area contributed by atoms with Crippen LogP contribution in [0.1, 0.15) is 41.8 Å². The third-order valence-electron chi connectivity index (χ3n) is 2.97. The van der Waals surface area contributed by atoms with Crippen molar-refractivity contribution in [1.82, 2.24) is 4.90 Å². The third-order valence-corrected chi connectivity index (χ3v) is 2.97. The standard InChI is InChI=1S/C14H21NO2/c1-4-8-15(5-2)10-13-7-6-12(14(16)17)9-11(13)3/h6-7,9H,4-5,8,10H2,1-3H3,(H,16,17). The van der Waals surface area contributed by atoms with E-state index in [0.29, 0.717) is 5.56 Å². The number of benzene rings is 1. The van der Waals surface area contributed by atoms with Crippen LogP contribution in [0.15, 0.2) is 18.2 Å². The molecule has 3 nitrogen and oxygen atoms in total. The van der Waals surface area contributed by atoms with Gasteiger partial charge in [-0.15, -0.1) is 0 Å². The Morgan fingerprint density at radius 3 is 2.53 bits per heavy atom. The monoisotopic (exact) mass is 235 g/mol. The molecule has 0 bridgehead atoms. The molecule has 1 N–H and O–H groups in total. The van der Waals surface area contributed by atoms with E-state index in [0.717, 1.165) is 31.6 Å². The van der Waals surface area contributed by atoms with E-state index in [1.54, 1.807) is 12.1 Å². The summed E-state index contributed by atoms with van der Waals surface area (Å²) in [6.45, 7) is 9.29. The molecule has 0 aliphatic rings. The first-order chi connectivity index (χ1) is 8.08. The second kappa shape index (κ2) is 6.40. The van der Waals surface area contributed by atoms with Crippen molar-refractivity contribution >= 4 is 5.97 Å². The van der Waals surface area contributed by atoms with E-state index in [-0.39, 0.29) is 0 Å². The van der Waals surface area contributed by atoms with Crippen molar-refractivity contribution in [2.45, 2.75) is 33.7 Å². The molecule has 0 spiro atoms. The van der Waals surface area contributed by atoms with Gasteiger partial charge in [-0.05, 0) is 49.7 Å². The molecule has 0 aliphatic carbocycles. The average Bonchev–Trinajstić information content (AvgIpc) is 2.30. The summed E-state index contributed by atoms with van der Waals surface area (Å²) in [7, 11) is 0. The highest BCUT2D eigenvalue weighted by atomic mass is 16.4. The molecule has 0 atom stereocenters. The predicted octanol–water partition coefficient (Wildman–Crippen LogP) is 2.93. The van der Waals surface area contributed by atoms with Crippen molar-refractivity contribution in [3.63, 3.8) is 0 Å². The fourth-order valence-electron chi connectivity index (χ4n) is 1.91. The third kappa shape index (κ3) is 3.86. The Kier molecular flexibility index (Phi) is 5.16. The van der Waals surface area contributed by atoms with E-state index in [2.05, 4.69) is 18.7 Å². The maximum Gasteiger partial charge on any atom is 0.335 e. The van der Waals surface area contributed by atoms with Crippen LogP contribution in [0, 0.1) is 6.92 Å². The summed E-state index contributed by atoms with van der Waals surface area (Å²) in [6.07, 6.45) is 1.14. The summed E-state index contributed by atoms with van der Waals surface area (Å²) in [5.41, 5.74) is 2.63. The number of nitrogens with zero attached hydrogens (tertiary/aromatic N) is 1. The Balaban J connectivity index is 2.81. The fourth-order valence-corrected chi connectivity index (χ4v) is 1.91. The molecule has 0 amide bonds. The Bertz CT molecular complexity index is 388. The zero-order valence-corrected chi connectivity index (χ0v) is 10.9. The van der Waals surface area contributed by atoms with Crippen LogP contribution in [-0.4, -0.2) is 29.1 Å². The highest BCUT2D eigenvalue weighted by Gasteiger charge is 2.08. The van der Waals surface area contributed by atoms with Crippen LogP contribution in [0.4, 0.5) is 0 Å². The number of hydrogen-bond acceptors (Lipinski definition) is 2. The molecule has 0 aromatic heterocycles. The minimum atomic E-state index is -0.861. The number of carboxylic acid groups (broad SMARTS) is 1. The SMILES string of the molecule is CCCN(CC)Cc1ccc(C(=O)O)cc1C. The van der Waals surface area contributed by atoms with Crippen LogP contribution >= 0.6 is 0 Å². The fraction of sp³-hybridized carbons (Fsp3) is 0.500. The zero-order valence-electron chi connectivity index (χ0n) is 10.9. The Morgan fingerprint density at radius 2 is 2.06 bits per heavy atom. The van der Waals surface area contributed by atoms with Crippen LogP contribution in [0.5, 0.6) is 0 Å². The van der Waals surface area contributed by atoms with Gasteiger partial charge in [0, 0.05) is 6.54 Å². The van der Waals surface area contributed by atoms with Gasteiger partial charge in [-0.25, -0.2) is 4.79 Å². The first kappa shape index (κ1) is 13.7. The minimum Gasteiger partial charge on any atom is -0.478 e. The van der Waals surface area contributed by atoms with Gasteiger partial charge in [0.15, 0.2) is 0 Å². The molecule has 0 radical (unpaired) electrons. The predicted molar refractivity (Wildman–Crippen MR) is 69.4 cm³/mol. The van der Waals surface area contributed by atoms with Gasteiger partial charge in [-0.1, -0.05) is 19.9 Å². The van der Waals surface area contributed by atoms with Crippen molar-refractivity contribution in [3.05, 3.63) is 34.9 Å². The largest absolute Gasteiger partial charge is 0.478 e. The maximum atomic E-state index is 10.8. The number of carboxylic acids is 1. The maximum absolute atomic E-state index is 10.8. The summed E-state index contributed by atoms with van der Waals surface area (Å²) in [4.78, 5) is 13.2. The molecular formula is C14H21NO2. The van der Waals surface area contributed by atoms with Crippen LogP contribution in [0.25, 0.3) is 0 Å². The molecule has 0 saturated carbocycles. The van der Waals surface area contributed by atoms with E-state index >= 15 is 0 Å². The first-order valence-corrected chi connectivity index (χ1v) is 6.13. The summed E-state index contributed by atoms with van der Waals surface area (Å²) in [5.74, 6) is -0.861. The molecule has 1 rings (SSSR count). The van der Waals surface area contributed by atoms with E-state index < -0.39 is 5.97 Å². The van der Waals surface area contributed by atoms with Crippen LogP contribution < -0.4 is 0 Å². The Hall–Kier alpha value is -1.35. The molecule has 1 aromatic rings. The van der Waals surface area contributed by atoms with Gasteiger partial charge in [-0.3, -0.25) is 4.90 Å². The number of rotatable bonds is 6. The number of aromatic carboxylic acids is 1. The highest BCUT2D eigenvalue weighted by molar-refractivity contribution is 5.87. The molecule has 0 unspecified atom stereocenters. The molecule has 0 heterocycles. The van der Waals surface area contributed by atoms with Crippen molar-refractivity contribution in [1.29, 1.82) is 0 Å². The average molecular weight is 235 g/mol. The lowest BCUT2D eigenvalue weighted by atomic mass is 10.0. The Morgan fingerprint density at radius 1 is 1.35 bits per heavy atom. The van der Waals surface area contributed by atoms with Gasteiger partial charge < -0.3 is 5.11 Å². The topological polar surface area (TPSA) is 40.5 Å². The van der Waals surface area contributed by atoms with E-state index in [1.165, 1.54) is 5.56 Å². The van der Waals surface area contributed by atoms with Gasteiger partial charge in [0.2, 0.25) is 0 Å². The van der Waals surface area contributed by atoms with Gasteiger partial charge in [-0.2, -0.15) is 0 Å². The van der Waals surface area contributed by atoms with E-state index in [4.69, 9.17) is 5.11 Å². The van der Waals surface area contributed by atoms with E-state index in [9.17, 15) is 4.79 Å². The van der Waals surface area contributed by atoms with Gasteiger partial charge in [0.1, 0.15) is 0 Å². The lowest BCUT2D eigenvalue weighted by Gasteiger charge is -2.20. The lowest BCUT2D eigenvalue weighted by Crippen LogP contribution is -2.24. The summed E-state index contributed by atoms with van der Waals surface area (Å²) in [6, 6.07) is 5.36. The lowest BCUT2D eigenvalue weighted by molar-refractivity contribution is 0.0696. The van der Waals surface area contributed by atoms with Crippen molar-refractivity contribution in [2.24, 2.45) is 0 Å². The van der Waals surface area contributed by atoms with E-state index in [1.807, 2.05) is 13.0 Å². The van der Waals surface area contributed by atoms with Gasteiger partial charge >= 0.3 is 5.97 Å². The summed E-state index contributed by atoms with van der Waals surface area (Å²) >= 11 is 0. The quantitative estimate of drug-likeness (QED) is 0.824. The summed E-state index contributed by atoms with van der Waals surface area (Å²) in [5, 5.41) is 8.90. The zero-order chi connectivity index (χ0) is 12.8. The van der Waals surface area contributed by atoms with Crippen LogP contribution in [0.2, 0.25) is 0 Å². The first-order valence-electron chi connectivity index (χ1n) is 6.13. The van der Waals surface area contributed by atoms with Crippen molar-refractivity contribution in [3.8, 4) is 0 Å². The second-order valence-corrected chi connectivity index (χ2v) is 4.32. The molecule has 0 aliphatic heterocycles. The van der Waals surface area contributed by atoms with Gasteiger partial charge in [0.05, 0.1) is 5.56 Å². The molecule has 1 aromatic carbocycles. The van der Waals surface area contributed by atoms with Crippen molar-refractivity contribution in [2.75, 3.05) is 13.1 Å².